The molecule has 0 aliphatic carbocycles. The summed E-state index contributed by atoms with van der Waals surface area (Å²) in [6.07, 6.45) is 2.69. The van der Waals surface area contributed by atoms with Gasteiger partial charge in [0.25, 0.3) is 0 Å². The van der Waals surface area contributed by atoms with Crippen LogP contribution >= 0.6 is 23.2 Å². The van der Waals surface area contributed by atoms with Crippen LogP contribution in [0, 0.1) is 0 Å². The Hall–Kier alpha value is -2.04. The number of anilines is 1. The number of carbonyl (C=O) groups is 2. The second kappa shape index (κ2) is 9.30. The average molecular weight is 365 g/mol. The summed E-state index contributed by atoms with van der Waals surface area (Å²) in [4.78, 5) is 23.6. The van der Waals surface area contributed by atoms with Crippen LogP contribution in [0.15, 0.2) is 48.5 Å². The van der Waals surface area contributed by atoms with E-state index in [1.165, 1.54) is 11.6 Å². The molecule has 24 heavy (non-hydrogen) atoms. The van der Waals surface area contributed by atoms with Crippen LogP contribution in [0.2, 0.25) is 10.0 Å². The summed E-state index contributed by atoms with van der Waals surface area (Å²) in [5.41, 5.74) is 1.62. The van der Waals surface area contributed by atoms with Crippen molar-refractivity contribution in [3.63, 3.8) is 0 Å². The van der Waals surface area contributed by atoms with Crippen LogP contribution in [-0.2, 0) is 16.0 Å². The molecule has 4 nitrogen and oxygen atoms in total. The fourth-order valence-electron chi connectivity index (χ4n) is 2.15. The normalized spacial score (nSPS) is 10.2. The number of nitrogens with one attached hydrogen (secondary N) is 2. The van der Waals surface area contributed by atoms with E-state index in [4.69, 9.17) is 23.2 Å². The van der Waals surface area contributed by atoms with Crippen LogP contribution in [0.3, 0.4) is 0 Å². The molecule has 0 radical (unpaired) electrons. The van der Waals surface area contributed by atoms with Gasteiger partial charge in [-0.1, -0.05) is 53.5 Å². The number of carbonyl (C=O) groups excluding carboxylic acids is 2. The van der Waals surface area contributed by atoms with Gasteiger partial charge in [0.05, 0.1) is 10.7 Å². The lowest BCUT2D eigenvalue weighted by molar-refractivity contribution is -0.136. The lowest BCUT2D eigenvalue weighted by Crippen LogP contribution is -2.36. The fourth-order valence-corrected chi connectivity index (χ4v) is 2.61. The maximum atomic E-state index is 11.8. The molecule has 2 amide bonds. The minimum atomic E-state index is -0.748. The summed E-state index contributed by atoms with van der Waals surface area (Å²) < 4.78 is 0. The molecule has 0 unspecified atom stereocenters. The Bertz CT molecular complexity index is 705. The Morgan fingerprint density at radius 1 is 0.917 bits per heavy atom. The highest BCUT2D eigenvalue weighted by molar-refractivity contribution is 6.42. The van der Waals surface area contributed by atoms with Crippen molar-refractivity contribution in [1.82, 2.24) is 5.32 Å². The summed E-state index contributed by atoms with van der Waals surface area (Å²) in [6.45, 7) is 0.452. The highest BCUT2D eigenvalue weighted by atomic mass is 35.5. The number of rotatable bonds is 6. The molecule has 0 fully saturated rings. The molecule has 126 valence electrons. The van der Waals surface area contributed by atoms with E-state index in [1.54, 1.807) is 12.1 Å². The maximum Gasteiger partial charge on any atom is 0.313 e. The quantitative estimate of drug-likeness (QED) is 0.599. The van der Waals surface area contributed by atoms with Gasteiger partial charge in [0.15, 0.2) is 0 Å². The largest absolute Gasteiger partial charge is 0.348 e. The van der Waals surface area contributed by atoms with Gasteiger partial charge >= 0.3 is 11.8 Å². The predicted octanol–water partition coefficient (Wildman–Crippen LogP) is 4.07. The topological polar surface area (TPSA) is 58.2 Å². The van der Waals surface area contributed by atoms with Crippen molar-refractivity contribution in [2.75, 3.05) is 11.9 Å². The third kappa shape index (κ3) is 5.87. The minimum Gasteiger partial charge on any atom is -0.348 e. The van der Waals surface area contributed by atoms with Crippen LogP contribution in [-0.4, -0.2) is 18.4 Å². The monoisotopic (exact) mass is 364 g/mol. The Balaban J connectivity index is 1.69. The molecule has 0 heterocycles. The Labute approximate surface area is 151 Å². The second-order valence-electron chi connectivity index (χ2n) is 5.28. The third-order valence-electron chi connectivity index (χ3n) is 3.41. The van der Waals surface area contributed by atoms with E-state index in [0.717, 1.165) is 19.3 Å². The molecule has 0 bridgehead atoms. The Kier molecular flexibility index (Phi) is 7.09. The molecule has 2 N–H and O–H groups in total. The van der Waals surface area contributed by atoms with Gasteiger partial charge in [-0.2, -0.15) is 0 Å². The van der Waals surface area contributed by atoms with Crippen LogP contribution in [0.1, 0.15) is 18.4 Å². The fraction of sp³-hybridized carbons (Fsp3) is 0.222. The van der Waals surface area contributed by atoms with Crippen molar-refractivity contribution < 1.29 is 9.59 Å². The smallest absolute Gasteiger partial charge is 0.313 e. The first-order valence-corrected chi connectivity index (χ1v) is 8.40. The van der Waals surface area contributed by atoms with Crippen LogP contribution in [0.4, 0.5) is 5.69 Å². The van der Waals surface area contributed by atoms with Crippen molar-refractivity contribution in [2.45, 2.75) is 19.3 Å². The molecule has 2 aromatic carbocycles. The summed E-state index contributed by atoms with van der Waals surface area (Å²) in [7, 11) is 0. The number of benzene rings is 2. The zero-order chi connectivity index (χ0) is 17.4. The van der Waals surface area contributed by atoms with E-state index in [2.05, 4.69) is 22.8 Å². The SMILES string of the molecule is O=C(NCCCCc1ccccc1)C(=O)Nc1ccc(Cl)cc1Cl. The van der Waals surface area contributed by atoms with Crippen molar-refractivity contribution in [3.8, 4) is 0 Å². The Morgan fingerprint density at radius 3 is 2.38 bits per heavy atom. The number of hydrogen-bond acceptors (Lipinski definition) is 2. The van der Waals surface area contributed by atoms with E-state index in [0.29, 0.717) is 17.3 Å². The molecule has 0 aliphatic rings. The first-order chi connectivity index (χ1) is 11.6. The molecule has 0 spiro atoms. The summed E-state index contributed by atoms with van der Waals surface area (Å²) in [5.74, 6) is -1.43. The first-order valence-electron chi connectivity index (χ1n) is 7.64. The number of halogens is 2. The van der Waals surface area contributed by atoms with E-state index in [-0.39, 0.29) is 5.02 Å². The molecule has 0 saturated heterocycles. The minimum absolute atomic E-state index is 0.284. The summed E-state index contributed by atoms with van der Waals surface area (Å²) >= 11 is 11.7. The molecule has 0 aromatic heterocycles. The molecule has 0 atom stereocenters. The van der Waals surface area contributed by atoms with Gasteiger partial charge in [0, 0.05) is 11.6 Å². The predicted molar refractivity (Wildman–Crippen MR) is 97.5 cm³/mol. The van der Waals surface area contributed by atoms with E-state index in [1.807, 2.05) is 18.2 Å². The molecular formula is C18H18Cl2N2O2. The number of aryl methyl sites for hydroxylation is 1. The highest BCUT2D eigenvalue weighted by Crippen LogP contribution is 2.25. The van der Waals surface area contributed by atoms with Crippen molar-refractivity contribution in [2.24, 2.45) is 0 Å². The van der Waals surface area contributed by atoms with Gasteiger partial charge in [-0.25, -0.2) is 0 Å². The second-order valence-corrected chi connectivity index (χ2v) is 6.12. The van der Waals surface area contributed by atoms with Crippen LogP contribution in [0.25, 0.3) is 0 Å². The van der Waals surface area contributed by atoms with E-state index < -0.39 is 11.8 Å². The zero-order valence-electron chi connectivity index (χ0n) is 13.0. The van der Waals surface area contributed by atoms with Gasteiger partial charge in [-0.05, 0) is 43.0 Å². The molecular weight excluding hydrogens is 347 g/mol. The van der Waals surface area contributed by atoms with Crippen LogP contribution in [0.5, 0.6) is 0 Å². The summed E-state index contributed by atoms with van der Waals surface area (Å²) in [6, 6.07) is 14.8. The molecule has 2 rings (SSSR count). The molecule has 6 heteroatoms. The van der Waals surface area contributed by atoms with Gasteiger partial charge in [0.1, 0.15) is 0 Å². The van der Waals surface area contributed by atoms with Gasteiger partial charge in [-0.15, -0.1) is 0 Å². The molecule has 0 aliphatic heterocycles. The zero-order valence-corrected chi connectivity index (χ0v) is 14.5. The standard InChI is InChI=1S/C18H18Cl2N2O2/c19-14-9-10-16(15(20)12-14)22-18(24)17(23)21-11-5-4-8-13-6-2-1-3-7-13/h1-3,6-7,9-10,12H,4-5,8,11H2,(H,21,23)(H,22,24). The highest BCUT2D eigenvalue weighted by Gasteiger charge is 2.14. The lowest BCUT2D eigenvalue weighted by atomic mass is 10.1. The van der Waals surface area contributed by atoms with Crippen molar-refractivity contribution in [1.29, 1.82) is 0 Å². The summed E-state index contributed by atoms with van der Waals surface area (Å²) in [5, 5.41) is 5.80. The van der Waals surface area contributed by atoms with E-state index in [9.17, 15) is 9.59 Å². The van der Waals surface area contributed by atoms with E-state index >= 15 is 0 Å². The van der Waals surface area contributed by atoms with Crippen LogP contribution < -0.4 is 10.6 Å². The molecule has 0 saturated carbocycles. The number of amides is 2. The average Bonchev–Trinajstić information content (AvgIpc) is 2.57. The van der Waals surface area contributed by atoms with Gasteiger partial charge in [-0.3, -0.25) is 9.59 Å². The lowest BCUT2D eigenvalue weighted by Gasteiger charge is -2.08. The first kappa shape index (κ1) is 18.3. The van der Waals surface area contributed by atoms with Crippen molar-refractivity contribution >= 4 is 40.7 Å². The van der Waals surface area contributed by atoms with Crippen molar-refractivity contribution in [3.05, 3.63) is 64.1 Å². The van der Waals surface area contributed by atoms with Gasteiger partial charge < -0.3 is 10.6 Å². The number of unbranched alkanes of at least 4 members (excludes halogenated alkanes) is 1. The Morgan fingerprint density at radius 2 is 1.67 bits per heavy atom. The third-order valence-corrected chi connectivity index (χ3v) is 3.95. The maximum absolute atomic E-state index is 11.8. The van der Waals surface area contributed by atoms with Gasteiger partial charge in [0.2, 0.25) is 0 Å². The number of hydrogen-bond donors (Lipinski definition) is 2. The molecule has 2 aromatic rings.